The number of nitrogens with one attached hydrogen (secondary N) is 1. The second kappa shape index (κ2) is 6.22. The maximum Gasteiger partial charge on any atom is 0.417 e. The molecule has 1 N–H and O–H groups in total. The predicted molar refractivity (Wildman–Crippen MR) is 92.2 cm³/mol. The molecular weight excluding hydrogens is 367 g/mol. The highest BCUT2D eigenvalue weighted by Crippen LogP contribution is 2.35. The number of benzene rings is 1. The van der Waals surface area contributed by atoms with Gasteiger partial charge in [-0.3, -0.25) is 9.00 Å². The van der Waals surface area contributed by atoms with Gasteiger partial charge in [0.2, 0.25) is 0 Å². The second-order valence-electron chi connectivity index (χ2n) is 7.08. The number of rotatable bonds is 2. The first-order valence-corrected chi connectivity index (χ1v) is 9.41. The largest absolute Gasteiger partial charge is 0.417 e. The Kier molecular flexibility index (Phi) is 4.46. The number of aromatic nitrogens is 2. The number of halogens is 3. The molecule has 9 heteroatoms. The molecule has 5 nitrogen and oxygen atoms in total. The number of amides is 1. The summed E-state index contributed by atoms with van der Waals surface area (Å²) in [6.07, 6.45) is -4.64. The molecule has 1 amide bonds. The van der Waals surface area contributed by atoms with Crippen LogP contribution in [0.3, 0.4) is 0 Å². The first kappa shape index (κ1) is 18.6. The fraction of sp³-hybridized carbons (Fsp3) is 0.412. The van der Waals surface area contributed by atoms with E-state index >= 15 is 0 Å². The molecule has 0 fully saturated rings. The SMILES string of the molecule is CC(C)(C)n1nc2c(c1NC(=O)c1ccccc1C(F)(F)F)C[S@](=O)C2. The van der Waals surface area contributed by atoms with Crippen LogP contribution < -0.4 is 5.32 Å². The van der Waals surface area contributed by atoms with Crippen LogP contribution in [-0.4, -0.2) is 19.9 Å². The highest BCUT2D eigenvalue weighted by molar-refractivity contribution is 7.83. The van der Waals surface area contributed by atoms with E-state index in [-0.39, 0.29) is 11.5 Å². The van der Waals surface area contributed by atoms with Gasteiger partial charge in [0.25, 0.3) is 5.91 Å². The smallest absolute Gasteiger partial charge is 0.306 e. The molecule has 140 valence electrons. The number of carbonyl (C=O) groups excluding carboxylic acids is 1. The van der Waals surface area contributed by atoms with Crippen LogP contribution in [0, 0.1) is 0 Å². The van der Waals surface area contributed by atoms with E-state index in [4.69, 9.17) is 0 Å². The monoisotopic (exact) mass is 385 g/mol. The van der Waals surface area contributed by atoms with E-state index in [9.17, 15) is 22.2 Å². The molecule has 1 aliphatic heterocycles. The van der Waals surface area contributed by atoms with Gasteiger partial charge in [0.05, 0.1) is 33.9 Å². The molecule has 3 rings (SSSR count). The molecule has 1 aromatic heterocycles. The minimum Gasteiger partial charge on any atom is -0.306 e. The summed E-state index contributed by atoms with van der Waals surface area (Å²) < 4.78 is 53.0. The molecule has 1 aromatic carbocycles. The molecule has 1 aliphatic rings. The van der Waals surface area contributed by atoms with Crippen LogP contribution >= 0.6 is 0 Å². The highest BCUT2D eigenvalue weighted by atomic mass is 32.2. The fourth-order valence-corrected chi connectivity index (χ4v) is 4.11. The molecule has 0 spiro atoms. The topological polar surface area (TPSA) is 64.0 Å². The minimum absolute atomic E-state index is 0.224. The van der Waals surface area contributed by atoms with Crippen molar-refractivity contribution in [2.45, 2.75) is 44.0 Å². The van der Waals surface area contributed by atoms with Crippen LogP contribution in [-0.2, 0) is 34.0 Å². The highest BCUT2D eigenvalue weighted by Gasteiger charge is 2.36. The molecule has 1 atom stereocenters. The van der Waals surface area contributed by atoms with Crippen molar-refractivity contribution in [1.82, 2.24) is 9.78 Å². The lowest BCUT2D eigenvalue weighted by molar-refractivity contribution is -0.137. The van der Waals surface area contributed by atoms with Gasteiger partial charge >= 0.3 is 6.18 Å². The maximum atomic E-state index is 13.2. The number of alkyl halides is 3. The Balaban J connectivity index is 2.03. The second-order valence-corrected chi connectivity index (χ2v) is 8.54. The van der Waals surface area contributed by atoms with Crippen molar-refractivity contribution in [3.63, 3.8) is 0 Å². The summed E-state index contributed by atoms with van der Waals surface area (Å²) in [7, 11) is -1.12. The van der Waals surface area contributed by atoms with Crippen LogP contribution in [0.5, 0.6) is 0 Å². The molecule has 0 saturated carbocycles. The average molecular weight is 385 g/mol. The van der Waals surface area contributed by atoms with E-state index in [1.807, 2.05) is 20.8 Å². The lowest BCUT2D eigenvalue weighted by Crippen LogP contribution is -2.28. The summed E-state index contributed by atoms with van der Waals surface area (Å²) in [6, 6.07) is 4.62. The Hall–Kier alpha value is -2.16. The first-order valence-electron chi connectivity index (χ1n) is 7.92. The van der Waals surface area contributed by atoms with Crippen molar-refractivity contribution in [2.75, 3.05) is 5.32 Å². The first-order chi connectivity index (χ1) is 12.0. The summed E-state index contributed by atoms with van der Waals surface area (Å²) in [5.41, 5.74) is -0.735. The Morgan fingerprint density at radius 2 is 1.85 bits per heavy atom. The molecule has 2 heterocycles. The lowest BCUT2D eigenvalue weighted by atomic mass is 10.1. The molecule has 26 heavy (non-hydrogen) atoms. The van der Waals surface area contributed by atoms with Crippen LogP contribution in [0.2, 0.25) is 0 Å². The van der Waals surface area contributed by atoms with Gasteiger partial charge in [-0.1, -0.05) is 12.1 Å². The van der Waals surface area contributed by atoms with Gasteiger partial charge in [-0.15, -0.1) is 0 Å². The Bertz CT molecular complexity index is 898. The molecule has 0 aliphatic carbocycles. The van der Waals surface area contributed by atoms with Gasteiger partial charge in [-0.05, 0) is 32.9 Å². The van der Waals surface area contributed by atoms with E-state index in [0.717, 1.165) is 12.1 Å². The van der Waals surface area contributed by atoms with Crippen LogP contribution in [0.1, 0.15) is 48.0 Å². The summed E-state index contributed by atoms with van der Waals surface area (Å²) in [4.78, 5) is 12.6. The molecule has 0 unspecified atom stereocenters. The zero-order valence-corrected chi connectivity index (χ0v) is 15.3. The van der Waals surface area contributed by atoms with Crippen LogP contribution in [0.4, 0.5) is 19.0 Å². The van der Waals surface area contributed by atoms with Crippen molar-refractivity contribution in [1.29, 1.82) is 0 Å². The summed E-state index contributed by atoms with van der Waals surface area (Å²) >= 11 is 0. The Morgan fingerprint density at radius 1 is 1.19 bits per heavy atom. The molecule has 0 radical (unpaired) electrons. The number of hydrogen-bond acceptors (Lipinski definition) is 3. The van der Waals surface area contributed by atoms with E-state index in [2.05, 4.69) is 10.4 Å². The normalized spacial score (nSPS) is 17.2. The van der Waals surface area contributed by atoms with Gasteiger partial charge in [0.15, 0.2) is 0 Å². The van der Waals surface area contributed by atoms with Crippen molar-refractivity contribution < 1.29 is 22.2 Å². The molecular formula is C17H18F3N3O2S. The predicted octanol–water partition coefficient (Wildman–Crippen LogP) is 3.67. The van der Waals surface area contributed by atoms with Crippen molar-refractivity contribution in [2.24, 2.45) is 0 Å². The Morgan fingerprint density at radius 3 is 2.46 bits per heavy atom. The average Bonchev–Trinajstić information content (AvgIpc) is 3.03. The van der Waals surface area contributed by atoms with Crippen molar-refractivity contribution in [3.8, 4) is 0 Å². The lowest BCUT2D eigenvalue weighted by Gasteiger charge is -2.23. The standard InChI is InChI=1S/C17H18F3N3O2S/c1-16(2,3)23-14(11-8-26(25)9-13(11)22-23)21-15(24)10-6-4-5-7-12(10)17(18,19)20/h4-7H,8-9H2,1-3H3,(H,21,24)/t26-/m0/s1. The summed E-state index contributed by atoms with van der Waals surface area (Å²) in [5.74, 6) is -0.0633. The fourth-order valence-electron chi connectivity index (χ4n) is 2.84. The number of carbonyl (C=O) groups is 1. The number of hydrogen-bond donors (Lipinski definition) is 1. The molecule has 0 saturated heterocycles. The van der Waals surface area contributed by atoms with E-state index in [0.29, 0.717) is 17.1 Å². The summed E-state index contributed by atoms with van der Waals surface area (Å²) in [6.45, 7) is 5.60. The maximum absolute atomic E-state index is 13.2. The van der Waals surface area contributed by atoms with Gasteiger partial charge in [0, 0.05) is 16.4 Å². The van der Waals surface area contributed by atoms with E-state index in [1.54, 1.807) is 4.68 Å². The number of nitrogens with zero attached hydrogens (tertiary/aromatic N) is 2. The molecule has 2 aromatic rings. The Labute approximate surface area is 151 Å². The van der Waals surface area contributed by atoms with Crippen LogP contribution in [0.25, 0.3) is 0 Å². The quantitative estimate of drug-likeness (QED) is 0.858. The van der Waals surface area contributed by atoms with E-state index in [1.165, 1.54) is 12.1 Å². The van der Waals surface area contributed by atoms with Gasteiger partial charge in [0.1, 0.15) is 5.82 Å². The third-order valence-corrected chi connectivity index (χ3v) is 5.22. The van der Waals surface area contributed by atoms with Crippen LogP contribution in [0.15, 0.2) is 24.3 Å². The minimum atomic E-state index is -4.64. The third-order valence-electron chi connectivity index (χ3n) is 4.01. The van der Waals surface area contributed by atoms with E-state index < -0.39 is 39.5 Å². The van der Waals surface area contributed by atoms with Gasteiger partial charge < -0.3 is 5.32 Å². The summed E-state index contributed by atoms with van der Waals surface area (Å²) in [5, 5.41) is 6.99. The zero-order chi connectivity index (χ0) is 19.3. The number of fused-ring (bicyclic) bond motifs is 1. The van der Waals surface area contributed by atoms with Crippen molar-refractivity contribution in [3.05, 3.63) is 46.6 Å². The molecule has 0 bridgehead atoms. The van der Waals surface area contributed by atoms with Gasteiger partial charge in [-0.25, -0.2) is 4.68 Å². The van der Waals surface area contributed by atoms with Crippen molar-refractivity contribution >= 4 is 22.5 Å². The number of anilines is 1. The third kappa shape index (κ3) is 3.40. The van der Waals surface area contributed by atoms with Gasteiger partial charge in [-0.2, -0.15) is 18.3 Å². The zero-order valence-electron chi connectivity index (χ0n) is 14.5.